The Hall–Kier alpha value is -2.18. The van der Waals surface area contributed by atoms with Crippen LogP contribution in [0.2, 0.25) is 0 Å². The van der Waals surface area contributed by atoms with Gasteiger partial charge in [0.2, 0.25) is 5.91 Å². The summed E-state index contributed by atoms with van der Waals surface area (Å²) in [6, 6.07) is 11.7. The van der Waals surface area contributed by atoms with Crippen molar-refractivity contribution >= 4 is 11.7 Å². The largest absolute Gasteiger partial charge is 0.383 e. The lowest BCUT2D eigenvalue weighted by molar-refractivity contribution is -0.117. The lowest BCUT2D eigenvalue weighted by atomic mass is 10.2. The summed E-state index contributed by atoms with van der Waals surface area (Å²) in [6.07, 6.45) is 0. The summed E-state index contributed by atoms with van der Waals surface area (Å²) in [5, 5.41) is 6.49. The van der Waals surface area contributed by atoms with Gasteiger partial charge in [-0.05, 0) is 12.5 Å². The minimum atomic E-state index is -0.125. The molecule has 1 N–H and O–H groups in total. The SMILES string of the molecule is COCCN(CC(=O)Nc1cc(C)on1)Cc1ccccc1. The quantitative estimate of drug-likeness (QED) is 0.808. The molecule has 1 heterocycles. The molecule has 1 aromatic heterocycles. The Morgan fingerprint density at radius 1 is 1.36 bits per heavy atom. The normalized spacial score (nSPS) is 10.9. The topological polar surface area (TPSA) is 67.6 Å². The Labute approximate surface area is 130 Å². The third kappa shape index (κ3) is 5.31. The number of hydrogen-bond donors (Lipinski definition) is 1. The molecule has 22 heavy (non-hydrogen) atoms. The first-order chi connectivity index (χ1) is 10.7. The molecule has 2 aromatic rings. The number of carbonyl (C=O) groups excluding carboxylic acids is 1. The maximum atomic E-state index is 12.1. The van der Waals surface area contributed by atoms with Crippen LogP contribution in [0.15, 0.2) is 40.9 Å². The Morgan fingerprint density at radius 2 is 2.14 bits per heavy atom. The number of methoxy groups -OCH3 is 1. The van der Waals surface area contributed by atoms with Gasteiger partial charge in [-0.1, -0.05) is 35.5 Å². The van der Waals surface area contributed by atoms with E-state index >= 15 is 0 Å². The number of benzene rings is 1. The highest BCUT2D eigenvalue weighted by molar-refractivity contribution is 5.91. The van der Waals surface area contributed by atoms with E-state index in [1.807, 2.05) is 35.2 Å². The first kappa shape index (κ1) is 16.2. The summed E-state index contributed by atoms with van der Waals surface area (Å²) in [5.41, 5.74) is 1.16. The van der Waals surface area contributed by atoms with Crippen LogP contribution in [0.5, 0.6) is 0 Å². The van der Waals surface area contributed by atoms with Crippen LogP contribution in [0, 0.1) is 6.92 Å². The maximum Gasteiger partial charge on any atom is 0.239 e. The number of aryl methyl sites for hydroxylation is 1. The Morgan fingerprint density at radius 3 is 2.77 bits per heavy atom. The molecule has 2 rings (SSSR count). The first-order valence-corrected chi connectivity index (χ1v) is 7.16. The van der Waals surface area contributed by atoms with E-state index in [-0.39, 0.29) is 12.5 Å². The summed E-state index contributed by atoms with van der Waals surface area (Å²) < 4.78 is 10.0. The number of amides is 1. The summed E-state index contributed by atoms with van der Waals surface area (Å²) in [5.74, 6) is 0.977. The highest BCUT2D eigenvalue weighted by atomic mass is 16.5. The molecule has 0 spiro atoms. The van der Waals surface area contributed by atoms with Crippen LogP contribution < -0.4 is 5.32 Å². The number of aromatic nitrogens is 1. The monoisotopic (exact) mass is 303 g/mol. The second kappa shape index (κ2) is 8.31. The maximum absolute atomic E-state index is 12.1. The average Bonchev–Trinajstić information content (AvgIpc) is 2.90. The fraction of sp³-hybridized carbons (Fsp3) is 0.375. The molecule has 0 bridgehead atoms. The minimum Gasteiger partial charge on any atom is -0.383 e. The van der Waals surface area contributed by atoms with E-state index in [1.54, 1.807) is 20.1 Å². The van der Waals surface area contributed by atoms with Crippen LogP contribution >= 0.6 is 0 Å². The third-order valence-electron chi connectivity index (χ3n) is 3.12. The second-order valence-corrected chi connectivity index (χ2v) is 5.06. The number of carbonyl (C=O) groups is 1. The molecule has 0 atom stereocenters. The van der Waals surface area contributed by atoms with Gasteiger partial charge >= 0.3 is 0 Å². The summed E-state index contributed by atoms with van der Waals surface area (Å²) >= 11 is 0. The molecule has 0 aliphatic heterocycles. The first-order valence-electron chi connectivity index (χ1n) is 7.16. The van der Waals surface area contributed by atoms with Crippen molar-refractivity contribution < 1.29 is 14.1 Å². The smallest absolute Gasteiger partial charge is 0.239 e. The molecule has 6 nitrogen and oxygen atoms in total. The molecule has 0 saturated carbocycles. The fourth-order valence-electron chi connectivity index (χ4n) is 2.09. The van der Waals surface area contributed by atoms with Crippen LogP contribution in [0.3, 0.4) is 0 Å². The van der Waals surface area contributed by atoms with Crippen LogP contribution in [0.1, 0.15) is 11.3 Å². The molecule has 1 amide bonds. The van der Waals surface area contributed by atoms with Gasteiger partial charge in [0.15, 0.2) is 5.82 Å². The number of nitrogens with zero attached hydrogens (tertiary/aromatic N) is 2. The van der Waals surface area contributed by atoms with Gasteiger partial charge < -0.3 is 14.6 Å². The zero-order chi connectivity index (χ0) is 15.8. The molecular formula is C16H21N3O3. The van der Waals surface area contributed by atoms with Gasteiger partial charge in [0.1, 0.15) is 5.76 Å². The molecule has 118 valence electrons. The highest BCUT2D eigenvalue weighted by Crippen LogP contribution is 2.08. The number of hydrogen-bond acceptors (Lipinski definition) is 5. The number of anilines is 1. The van der Waals surface area contributed by atoms with Crippen molar-refractivity contribution in [3.8, 4) is 0 Å². The van der Waals surface area contributed by atoms with Crippen molar-refractivity contribution in [3.63, 3.8) is 0 Å². The zero-order valence-corrected chi connectivity index (χ0v) is 12.9. The molecule has 1 aromatic carbocycles. The Kier molecular flexibility index (Phi) is 6.12. The number of rotatable bonds is 8. The van der Waals surface area contributed by atoms with Crippen molar-refractivity contribution in [2.75, 3.05) is 32.1 Å². The van der Waals surface area contributed by atoms with Crippen molar-refractivity contribution in [2.24, 2.45) is 0 Å². The molecule has 0 radical (unpaired) electrons. The van der Waals surface area contributed by atoms with E-state index in [2.05, 4.69) is 10.5 Å². The van der Waals surface area contributed by atoms with Crippen molar-refractivity contribution in [1.29, 1.82) is 0 Å². The average molecular weight is 303 g/mol. The highest BCUT2D eigenvalue weighted by Gasteiger charge is 2.13. The van der Waals surface area contributed by atoms with E-state index in [0.717, 1.165) is 5.56 Å². The number of nitrogens with one attached hydrogen (secondary N) is 1. The number of ether oxygens (including phenoxy) is 1. The molecule has 0 fully saturated rings. The molecule has 6 heteroatoms. The lowest BCUT2D eigenvalue weighted by Crippen LogP contribution is -2.35. The summed E-state index contributed by atoms with van der Waals surface area (Å²) in [6.45, 7) is 3.99. The molecule has 0 aliphatic rings. The van der Waals surface area contributed by atoms with Crippen molar-refractivity contribution in [3.05, 3.63) is 47.7 Å². The van der Waals surface area contributed by atoms with Gasteiger partial charge in [-0.25, -0.2) is 0 Å². The van der Waals surface area contributed by atoms with E-state index in [9.17, 15) is 4.79 Å². The minimum absolute atomic E-state index is 0.125. The van der Waals surface area contributed by atoms with E-state index in [4.69, 9.17) is 9.26 Å². The van der Waals surface area contributed by atoms with Gasteiger partial charge in [-0.15, -0.1) is 0 Å². The second-order valence-electron chi connectivity index (χ2n) is 5.06. The van der Waals surface area contributed by atoms with Crippen LogP contribution in [-0.4, -0.2) is 42.8 Å². The summed E-state index contributed by atoms with van der Waals surface area (Å²) in [4.78, 5) is 14.1. The van der Waals surface area contributed by atoms with Crippen molar-refractivity contribution in [2.45, 2.75) is 13.5 Å². The van der Waals surface area contributed by atoms with Gasteiger partial charge in [-0.3, -0.25) is 9.69 Å². The zero-order valence-electron chi connectivity index (χ0n) is 12.9. The fourth-order valence-corrected chi connectivity index (χ4v) is 2.09. The Bertz CT molecular complexity index is 583. The van der Waals surface area contributed by atoms with Crippen LogP contribution in [0.25, 0.3) is 0 Å². The lowest BCUT2D eigenvalue weighted by Gasteiger charge is -2.21. The van der Waals surface area contributed by atoms with Gasteiger partial charge in [0.05, 0.1) is 13.2 Å². The van der Waals surface area contributed by atoms with Crippen molar-refractivity contribution in [1.82, 2.24) is 10.1 Å². The molecular weight excluding hydrogens is 282 g/mol. The van der Waals surface area contributed by atoms with E-state index in [1.165, 1.54) is 0 Å². The Balaban J connectivity index is 1.92. The standard InChI is InChI=1S/C16H21N3O3/c1-13-10-15(18-22-13)17-16(20)12-19(8-9-21-2)11-14-6-4-3-5-7-14/h3-7,10H,8-9,11-12H2,1-2H3,(H,17,18,20). The van der Waals surface area contributed by atoms with E-state index in [0.29, 0.717) is 31.3 Å². The molecule has 0 aliphatic carbocycles. The molecule has 0 saturated heterocycles. The van der Waals surface area contributed by atoms with E-state index < -0.39 is 0 Å². The third-order valence-corrected chi connectivity index (χ3v) is 3.12. The van der Waals surface area contributed by atoms with Crippen LogP contribution in [0.4, 0.5) is 5.82 Å². The van der Waals surface area contributed by atoms with Gasteiger partial charge in [-0.2, -0.15) is 0 Å². The summed E-state index contributed by atoms with van der Waals surface area (Å²) in [7, 11) is 1.65. The van der Waals surface area contributed by atoms with Gasteiger partial charge in [0.25, 0.3) is 0 Å². The predicted octanol–water partition coefficient (Wildman–Crippen LogP) is 2.07. The molecule has 0 unspecified atom stereocenters. The van der Waals surface area contributed by atoms with Crippen LogP contribution in [-0.2, 0) is 16.1 Å². The van der Waals surface area contributed by atoms with Gasteiger partial charge in [0, 0.05) is 26.3 Å². The predicted molar refractivity (Wildman–Crippen MR) is 83.5 cm³/mol.